The third kappa shape index (κ3) is 9.29. The Balaban J connectivity index is 1.31. The van der Waals surface area contributed by atoms with Gasteiger partial charge in [0.15, 0.2) is 0 Å². The van der Waals surface area contributed by atoms with E-state index < -0.39 is 24.0 Å². The predicted octanol–water partition coefficient (Wildman–Crippen LogP) is 3.35. The number of allylic oxidation sites excluding steroid dienone is 2. The molecule has 1 saturated carbocycles. The van der Waals surface area contributed by atoms with Crippen LogP contribution in [0.15, 0.2) is 42.5 Å². The molecule has 0 radical (unpaired) electrons. The smallest absolute Gasteiger partial charge is 0.243 e. The first kappa shape index (κ1) is 35.7. The maximum absolute atomic E-state index is 14.1. The highest BCUT2D eigenvalue weighted by atomic mass is 32.1. The van der Waals surface area contributed by atoms with Crippen molar-refractivity contribution >= 4 is 45.2 Å². The summed E-state index contributed by atoms with van der Waals surface area (Å²) < 4.78 is 6.90. The molecule has 48 heavy (non-hydrogen) atoms. The fourth-order valence-corrected chi connectivity index (χ4v) is 8.03. The number of unbranched alkanes of at least 4 members (excludes halogenated alkanes) is 1. The lowest BCUT2D eigenvalue weighted by Crippen LogP contribution is -2.60. The summed E-state index contributed by atoms with van der Waals surface area (Å²) in [5.41, 5.74) is 7.72. The van der Waals surface area contributed by atoms with Crippen LogP contribution in [0.3, 0.4) is 0 Å². The molecule has 2 aliphatic carbocycles. The summed E-state index contributed by atoms with van der Waals surface area (Å²) in [6.07, 6.45) is 14.3. The molecule has 0 bridgehead atoms. The number of amides is 4. The number of carbonyl (C=O) groups excluding carboxylic acids is 4. The molecule has 1 aromatic heterocycles. The molecule has 11 nitrogen and oxygen atoms in total. The van der Waals surface area contributed by atoms with Gasteiger partial charge in [0.05, 0.1) is 21.3 Å². The van der Waals surface area contributed by atoms with Crippen molar-refractivity contribution in [3.63, 3.8) is 0 Å². The van der Waals surface area contributed by atoms with E-state index in [4.69, 9.17) is 15.5 Å². The van der Waals surface area contributed by atoms with E-state index in [1.807, 2.05) is 37.3 Å². The summed E-state index contributed by atoms with van der Waals surface area (Å²) in [5.74, 6) is -1.38. The average molecular weight is 679 g/mol. The highest BCUT2D eigenvalue weighted by Crippen LogP contribution is 2.29. The number of rotatable bonds is 15. The van der Waals surface area contributed by atoms with Crippen LogP contribution in [-0.4, -0.2) is 72.0 Å². The Morgan fingerprint density at radius 2 is 1.77 bits per heavy atom. The van der Waals surface area contributed by atoms with Crippen LogP contribution < -0.4 is 27.0 Å². The van der Waals surface area contributed by atoms with E-state index in [-0.39, 0.29) is 54.5 Å². The van der Waals surface area contributed by atoms with Gasteiger partial charge in [-0.1, -0.05) is 50.1 Å². The fourth-order valence-electron chi connectivity index (χ4n) is 6.92. The number of ether oxygens (including phenoxy) is 1. The monoisotopic (exact) mass is 678 g/mol. The van der Waals surface area contributed by atoms with E-state index >= 15 is 0 Å². The van der Waals surface area contributed by atoms with E-state index in [1.54, 1.807) is 6.92 Å². The third-order valence-electron chi connectivity index (χ3n) is 9.63. The summed E-state index contributed by atoms with van der Waals surface area (Å²) in [5, 5.41) is 12.8. The maximum atomic E-state index is 14.1. The highest BCUT2D eigenvalue weighted by molar-refractivity contribution is 7.18. The first-order valence-corrected chi connectivity index (χ1v) is 18.3. The Labute approximate surface area is 286 Å². The van der Waals surface area contributed by atoms with Gasteiger partial charge in [0.2, 0.25) is 23.6 Å². The number of nitrogens with zero attached hydrogens (tertiary/aromatic N) is 1. The first-order chi connectivity index (χ1) is 23.2. The number of nitrogens with one attached hydrogen (secondary N) is 4. The molecule has 2 unspecified atom stereocenters. The van der Waals surface area contributed by atoms with Gasteiger partial charge in [-0.15, -0.1) is 11.3 Å². The molecule has 2 heterocycles. The van der Waals surface area contributed by atoms with Gasteiger partial charge in [-0.3, -0.25) is 19.2 Å². The van der Waals surface area contributed by atoms with Crippen molar-refractivity contribution in [3.8, 4) is 0 Å². The molecule has 5 rings (SSSR count). The number of hydrogen-bond acceptors (Lipinski definition) is 8. The first-order valence-electron chi connectivity index (χ1n) is 17.5. The predicted molar refractivity (Wildman–Crippen MR) is 187 cm³/mol. The Hall–Kier alpha value is -3.61. The maximum Gasteiger partial charge on any atom is 0.243 e. The van der Waals surface area contributed by atoms with Crippen molar-refractivity contribution in [3.05, 3.63) is 53.1 Å². The summed E-state index contributed by atoms with van der Waals surface area (Å²) in [4.78, 5) is 59.0. The highest BCUT2D eigenvalue weighted by Gasteiger charge is 2.38. The average Bonchev–Trinajstić information content (AvgIpc) is 3.76. The Kier molecular flexibility index (Phi) is 12.8. The Bertz CT molecular complexity index is 1500. The number of carbonyl (C=O) groups is 4. The fraction of sp³-hybridized carbons (Fsp3) is 0.583. The summed E-state index contributed by atoms with van der Waals surface area (Å²) in [7, 11) is 0. The van der Waals surface area contributed by atoms with Crippen LogP contribution in [0.2, 0.25) is 0 Å². The third-order valence-corrected chi connectivity index (χ3v) is 10.7. The second-order valence-corrected chi connectivity index (χ2v) is 14.3. The van der Waals surface area contributed by atoms with Crippen molar-refractivity contribution in [1.82, 2.24) is 26.3 Å². The van der Waals surface area contributed by atoms with E-state index in [0.29, 0.717) is 32.4 Å². The van der Waals surface area contributed by atoms with Gasteiger partial charge in [0.25, 0.3) is 0 Å². The van der Waals surface area contributed by atoms with Crippen molar-refractivity contribution < 1.29 is 23.9 Å². The molecule has 1 aromatic carbocycles. The second-order valence-electron chi connectivity index (χ2n) is 13.2. The van der Waals surface area contributed by atoms with Crippen molar-refractivity contribution in [2.45, 2.75) is 108 Å². The van der Waals surface area contributed by atoms with Gasteiger partial charge >= 0.3 is 0 Å². The zero-order valence-electron chi connectivity index (χ0n) is 28.0. The zero-order chi connectivity index (χ0) is 34.0. The molecular formula is C36H50N6O5S. The molecule has 6 N–H and O–H groups in total. The lowest BCUT2D eigenvalue weighted by Gasteiger charge is -2.37. The standard InChI is InChI=1S/C36H50N6O5S/c1-3-31(43)38-28(21-32-39-26-16-15-22(2)20-30(26)48-32)35(45)42-33(23-10-4-5-11-23)36(46)41-27(13-8-9-18-37)34(44)40-25-17-19-47-29-14-7-6-12-24(25)29/h6-7,12,14-16,20,23-25,27-29,33H,3-5,8-11,13,17-19,21,37H2,1-2H3,(H,38,43)(H,40,44)(H,41,46)(H,42,45)/t24?,25-,27+,28+,29?,33+/m1/s1. The summed E-state index contributed by atoms with van der Waals surface area (Å²) in [6, 6.07) is 3.35. The van der Waals surface area contributed by atoms with Crippen LogP contribution >= 0.6 is 11.3 Å². The molecule has 1 aliphatic heterocycles. The number of thiazole rings is 1. The van der Waals surface area contributed by atoms with Gasteiger partial charge in [-0.25, -0.2) is 4.98 Å². The number of aryl methyl sites for hydroxylation is 1. The molecule has 2 fully saturated rings. The normalized spacial score (nSPS) is 22.4. The van der Waals surface area contributed by atoms with E-state index in [9.17, 15) is 19.2 Å². The quantitative estimate of drug-likeness (QED) is 0.180. The number of nitrogens with two attached hydrogens (primary N) is 1. The summed E-state index contributed by atoms with van der Waals surface area (Å²) in [6.45, 7) is 4.78. The van der Waals surface area contributed by atoms with Gasteiger partial charge in [-0.2, -0.15) is 0 Å². The molecule has 4 amide bonds. The van der Waals surface area contributed by atoms with Crippen molar-refractivity contribution in [2.75, 3.05) is 13.2 Å². The van der Waals surface area contributed by atoms with Gasteiger partial charge in [0, 0.05) is 31.4 Å². The molecular weight excluding hydrogens is 629 g/mol. The molecule has 2 aromatic rings. The summed E-state index contributed by atoms with van der Waals surface area (Å²) >= 11 is 1.49. The van der Waals surface area contributed by atoms with Gasteiger partial charge in [0.1, 0.15) is 18.1 Å². The molecule has 3 aliphatic rings. The number of fused-ring (bicyclic) bond motifs is 2. The Morgan fingerprint density at radius 1 is 0.979 bits per heavy atom. The lowest BCUT2D eigenvalue weighted by molar-refractivity contribution is -0.135. The molecule has 1 saturated heterocycles. The van der Waals surface area contributed by atoms with Crippen molar-refractivity contribution in [2.24, 2.45) is 17.6 Å². The van der Waals surface area contributed by atoms with Gasteiger partial charge in [-0.05, 0) is 75.6 Å². The van der Waals surface area contributed by atoms with Crippen LogP contribution in [0.1, 0.15) is 75.3 Å². The van der Waals surface area contributed by atoms with Crippen LogP contribution in [-0.2, 0) is 30.3 Å². The van der Waals surface area contributed by atoms with Crippen LogP contribution in [0.4, 0.5) is 0 Å². The van der Waals surface area contributed by atoms with E-state index in [2.05, 4.69) is 33.4 Å². The number of aromatic nitrogens is 1. The van der Waals surface area contributed by atoms with Crippen LogP contribution in [0.5, 0.6) is 0 Å². The topological polar surface area (TPSA) is 165 Å². The zero-order valence-corrected chi connectivity index (χ0v) is 28.9. The minimum Gasteiger partial charge on any atom is -0.373 e. The van der Waals surface area contributed by atoms with E-state index in [0.717, 1.165) is 52.9 Å². The van der Waals surface area contributed by atoms with Crippen LogP contribution in [0, 0.1) is 18.8 Å². The lowest BCUT2D eigenvalue weighted by atomic mass is 9.86. The Morgan fingerprint density at radius 3 is 2.54 bits per heavy atom. The SMILES string of the molecule is CCC(=O)N[C@@H](Cc1nc2ccc(C)cc2s1)C(=O)N[C@H](C(=O)N[C@@H](CCCCN)C(=O)N[C@@H]1CCOC2C=CC=CC21)C1CCCC1. The number of hydrogen-bond donors (Lipinski definition) is 5. The minimum atomic E-state index is -0.904. The molecule has 6 atom stereocenters. The van der Waals surface area contributed by atoms with Crippen LogP contribution in [0.25, 0.3) is 10.2 Å². The van der Waals surface area contributed by atoms with Gasteiger partial charge < -0.3 is 31.7 Å². The minimum absolute atomic E-state index is 0.0216. The molecule has 260 valence electrons. The second kappa shape index (κ2) is 17.2. The molecule has 0 spiro atoms. The molecule has 12 heteroatoms. The number of benzene rings is 1. The van der Waals surface area contributed by atoms with Crippen molar-refractivity contribution in [1.29, 1.82) is 0 Å². The van der Waals surface area contributed by atoms with E-state index in [1.165, 1.54) is 11.3 Å². The largest absolute Gasteiger partial charge is 0.373 e.